The number of alkyl halides is 3. The van der Waals surface area contributed by atoms with Gasteiger partial charge >= 0.3 is 6.18 Å². The standard InChI is InChI=1S/C10H17F3N2O2S/c1-3-9(4-2,8(14)18)15-7(16)5-17-6-10(11,12)13/h3-6H2,1-2H3,(H2,14,18)(H,15,16). The summed E-state index contributed by atoms with van der Waals surface area (Å²) in [6, 6.07) is 0. The zero-order chi connectivity index (χ0) is 14.4. The topological polar surface area (TPSA) is 64.3 Å². The predicted octanol–water partition coefficient (Wildman–Crippen LogP) is 1.53. The van der Waals surface area contributed by atoms with Crippen molar-refractivity contribution < 1.29 is 22.7 Å². The van der Waals surface area contributed by atoms with Gasteiger partial charge in [-0.15, -0.1) is 0 Å². The first-order valence-corrected chi connectivity index (χ1v) is 5.83. The van der Waals surface area contributed by atoms with Gasteiger partial charge in [-0.05, 0) is 12.8 Å². The van der Waals surface area contributed by atoms with Crippen molar-refractivity contribution in [2.24, 2.45) is 5.73 Å². The van der Waals surface area contributed by atoms with E-state index in [0.29, 0.717) is 12.8 Å². The smallest absolute Gasteiger partial charge is 0.391 e. The number of amides is 1. The molecule has 0 rings (SSSR count). The van der Waals surface area contributed by atoms with Crippen LogP contribution in [0.5, 0.6) is 0 Å². The normalized spacial score (nSPS) is 12.3. The number of nitrogens with two attached hydrogens (primary N) is 1. The van der Waals surface area contributed by atoms with E-state index < -0.39 is 30.8 Å². The minimum atomic E-state index is -4.45. The molecule has 0 unspecified atom stereocenters. The Balaban J connectivity index is 4.33. The van der Waals surface area contributed by atoms with Gasteiger partial charge < -0.3 is 15.8 Å². The number of nitrogens with one attached hydrogen (secondary N) is 1. The van der Waals surface area contributed by atoms with Crippen molar-refractivity contribution >= 4 is 23.1 Å². The minimum absolute atomic E-state index is 0.108. The lowest BCUT2D eigenvalue weighted by Gasteiger charge is -2.31. The molecular formula is C10H17F3N2O2S. The Morgan fingerprint density at radius 1 is 1.33 bits per heavy atom. The molecule has 106 valence electrons. The molecule has 0 heterocycles. The summed E-state index contributed by atoms with van der Waals surface area (Å²) in [4.78, 5) is 11.6. The fraction of sp³-hybridized carbons (Fsp3) is 0.800. The van der Waals surface area contributed by atoms with Gasteiger partial charge in [0.05, 0.1) is 10.5 Å². The first-order valence-electron chi connectivity index (χ1n) is 5.42. The molecule has 0 fully saturated rings. The lowest BCUT2D eigenvalue weighted by Crippen LogP contribution is -2.56. The van der Waals surface area contributed by atoms with E-state index in [-0.39, 0.29) is 4.99 Å². The van der Waals surface area contributed by atoms with Crippen LogP contribution in [0.25, 0.3) is 0 Å². The van der Waals surface area contributed by atoms with Crippen molar-refractivity contribution in [2.45, 2.75) is 38.4 Å². The van der Waals surface area contributed by atoms with Gasteiger partial charge in [0.25, 0.3) is 0 Å². The number of halogens is 3. The van der Waals surface area contributed by atoms with Crippen molar-refractivity contribution in [3.63, 3.8) is 0 Å². The van der Waals surface area contributed by atoms with E-state index in [9.17, 15) is 18.0 Å². The summed E-state index contributed by atoms with van der Waals surface area (Å²) in [6.07, 6.45) is -3.52. The van der Waals surface area contributed by atoms with Gasteiger partial charge in [-0.25, -0.2) is 0 Å². The van der Waals surface area contributed by atoms with Crippen LogP contribution in [0.1, 0.15) is 26.7 Å². The quantitative estimate of drug-likeness (QED) is 0.697. The maximum Gasteiger partial charge on any atom is 0.411 e. The molecule has 1 amide bonds. The molecule has 18 heavy (non-hydrogen) atoms. The zero-order valence-corrected chi connectivity index (χ0v) is 11.1. The Kier molecular flexibility index (Phi) is 6.55. The van der Waals surface area contributed by atoms with Crippen LogP contribution in [0.15, 0.2) is 0 Å². The van der Waals surface area contributed by atoms with Crippen LogP contribution >= 0.6 is 12.2 Å². The van der Waals surface area contributed by atoms with Crippen molar-refractivity contribution in [2.75, 3.05) is 13.2 Å². The number of hydrogen-bond donors (Lipinski definition) is 2. The number of rotatable bonds is 7. The fourth-order valence-electron chi connectivity index (χ4n) is 1.40. The number of ether oxygens (including phenoxy) is 1. The van der Waals surface area contributed by atoms with Gasteiger partial charge in [0.2, 0.25) is 5.91 Å². The average molecular weight is 286 g/mol. The summed E-state index contributed by atoms with van der Waals surface area (Å²) in [7, 11) is 0. The second-order valence-electron chi connectivity index (χ2n) is 3.81. The van der Waals surface area contributed by atoms with E-state index in [1.165, 1.54) is 0 Å². The Morgan fingerprint density at radius 3 is 2.17 bits per heavy atom. The van der Waals surface area contributed by atoms with E-state index in [1.54, 1.807) is 13.8 Å². The number of carbonyl (C=O) groups is 1. The van der Waals surface area contributed by atoms with E-state index in [0.717, 1.165) is 0 Å². The van der Waals surface area contributed by atoms with Crippen LogP contribution < -0.4 is 11.1 Å². The van der Waals surface area contributed by atoms with Crippen molar-refractivity contribution in [3.05, 3.63) is 0 Å². The van der Waals surface area contributed by atoms with Crippen molar-refractivity contribution in [3.8, 4) is 0 Å². The molecule has 0 aromatic carbocycles. The summed E-state index contributed by atoms with van der Waals surface area (Å²) >= 11 is 4.86. The highest BCUT2D eigenvalue weighted by Crippen LogP contribution is 2.16. The summed E-state index contributed by atoms with van der Waals surface area (Å²) in [5.41, 5.74) is 4.67. The molecule has 0 aliphatic carbocycles. The van der Waals surface area contributed by atoms with E-state index >= 15 is 0 Å². The van der Waals surface area contributed by atoms with Gasteiger partial charge in [0, 0.05) is 0 Å². The van der Waals surface area contributed by atoms with Crippen LogP contribution in [0.2, 0.25) is 0 Å². The molecule has 3 N–H and O–H groups in total. The van der Waals surface area contributed by atoms with Crippen LogP contribution in [0, 0.1) is 0 Å². The van der Waals surface area contributed by atoms with E-state index in [2.05, 4.69) is 10.1 Å². The van der Waals surface area contributed by atoms with Gasteiger partial charge in [0.15, 0.2) is 0 Å². The maximum atomic E-state index is 11.8. The highest BCUT2D eigenvalue weighted by Gasteiger charge is 2.32. The second kappa shape index (κ2) is 6.89. The Labute approximate surface area is 109 Å². The third-order valence-corrected chi connectivity index (χ3v) is 2.95. The van der Waals surface area contributed by atoms with Gasteiger partial charge in [0.1, 0.15) is 13.2 Å². The number of hydrogen-bond acceptors (Lipinski definition) is 3. The first kappa shape index (κ1) is 17.1. The molecule has 0 saturated heterocycles. The molecule has 0 aromatic rings. The van der Waals surface area contributed by atoms with Crippen molar-refractivity contribution in [1.82, 2.24) is 5.32 Å². The van der Waals surface area contributed by atoms with Gasteiger partial charge in [-0.1, -0.05) is 26.1 Å². The van der Waals surface area contributed by atoms with Gasteiger partial charge in [-0.3, -0.25) is 4.79 Å². The second-order valence-corrected chi connectivity index (χ2v) is 4.25. The Bertz CT molecular complexity index is 304. The molecule has 0 saturated carbocycles. The monoisotopic (exact) mass is 286 g/mol. The Morgan fingerprint density at radius 2 is 1.83 bits per heavy atom. The lowest BCUT2D eigenvalue weighted by atomic mass is 9.93. The predicted molar refractivity (Wildman–Crippen MR) is 65.1 cm³/mol. The molecular weight excluding hydrogens is 269 g/mol. The highest BCUT2D eigenvalue weighted by atomic mass is 32.1. The van der Waals surface area contributed by atoms with Gasteiger partial charge in [-0.2, -0.15) is 13.2 Å². The van der Waals surface area contributed by atoms with Crippen LogP contribution in [-0.4, -0.2) is 35.8 Å². The summed E-state index contributed by atoms with van der Waals surface area (Å²) in [5.74, 6) is -0.671. The summed E-state index contributed by atoms with van der Waals surface area (Å²) < 4.78 is 39.7. The molecule has 0 bridgehead atoms. The number of carbonyl (C=O) groups excluding carboxylic acids is 1. The average Bonchev–Trinajstić information content (AvgIpc) is 2.23. The molecule has 4 nitrogen and oxygen atoms in total. The summed E-state index contributed by atoms with van der Waals surface area (Å²) in [5, 5.41) is 2.52. The van der Waals surface area contributed by atoms with E-state index in [4.69, 9.17) is 18.0 Å². The third kappa shape index (κ3) is 5.63. The molecule has 8 heteroatoms. The maximum absolute atomic E-state index is 11.8. The SMILES string of the molecule is CCC(CC)(NC(=O)COCC(F)(F)F)C(N)=S. The molecule has 0 aliphatic rings. The van der Waals surface area contributed by atoms with Crippen LogP contribution in [-0.2, 0) is 9.53 Å². The number of thiocarbonyl (C=S) groups is 1. The highest BCUT2D eigenvalue weighted by molar-refractivity contribution is 7.80. The molecule has 0 atom stereocenters. The molecule has 0 aliphatic heterocycles. The molecule has 0 aromatic heterocycles. The zero-order valence-electron chi connectivity index (χ0n) is 10.3. The Hall–Kier alpha value is -0.890. The first-order chi connectivity index (χ1) is 8.17. The minimum Gasteiger partial charge on any atom is -0.391 e. The fourth-order valence-corrected chi connectivity index (χ4v) is 1.74. The summed E-state index contributed by atoms with van der Waals surface area (Å²) in [6.45, 7) is 1.42. The van der Waals surface area contributed by atoms with E-state index in [1.807, 2.05) is 0 Å². The lowest BCUT2D eigenvalue weighted by molar-refractivity contribution is -0.175. The van der Waals surface area contributed by atoms with Crippen LogP contribution in [0.3, 0.4) is 0 Å². The van der Waals surface area contributed by atoms with Crippen LogP contribution in [0.4, 0.5) is 13.2 Å². The largest absolute Gasteiger partial charge is 0.411 e. The van der Waals surface area contributed by atoms with Crippen molar-refractivity contribution in [1.29, 1.82) is 0 Å². The third-order valence-electron chi connectivity index (χ3n) is 2.56. The molecule has 0 radical (unpaired) electrons. The molecule has 0 spiro atoms.